The number of aryl methyl sites for hydroxylation is 1. The molecule has 0 saturated heterocycles. The number of H-pyrrole nitrogens is 1. The number of aromatic amines is 1. The number of rotatable bonds is 6. The van der Waals surface area contributed by atoms with Crippen LogP contribution in [0.3, 0.4) is 0 Å². The Bertz CT molecular complexity index is 580. The molecule has 114 valence electrons. The van der Waals surface area contributed by atoms with Gasteiger partial charge in [-0.3, -0.25) is 5.10 Å². The summed E-state index contributed by atoms with van der Waals surface area (Å²) in [5.41, 5.74) is 0.0101. The number of aromatic nitrogens is 2. The van der Waals surface area contributed by atoms with Gasteiger partial charge < -0.3 is 4.74 Å². The number of hydrogen-bond donors (Lipinski definition) is 1. The fourth-order valence-electron chi connectivity index (χ4n) is 1.96. The molecule has 0 radical (unpaired) electrons. The van der Waals surface area contributed by atoms with E-state index in [4.69, 9.17) is 15.4 Å². The summed E-state index contributed by atoms with van der Waals surface area (Å²) < 4.78 is 28.3. The normalized spacial score (nSPS) is 13.5. The standard InChI is InChI=1S/C12H19ClN2O4S/c1-5-9-11(20(13,17)18)10(15-14-9)12(16)19-8(4)6-7(2)3/h7-8H,5-6H2,1-4H3,(H,14,15). The minimum absolute atomic E-state index is 0.285. The van der Waals surface area contributed by atoms with Crippen molar-refractivity contribution in [1.82, 2.24) is 10.2 Å². The predicted molar refractivity (Wildman–Crippen MR) is 75.3 cm³/mol. The van der Waals surface area contributed by atoms with Crippen LogP contribution in [0.5, 0.6) is 0 Å². The van der Waals surface area contributed by atoms with Gasteiger partial charge in [0.1, 0.15) is 4.90 Å². The van der Waals surface area contributed by atoms with Gasteiger partial charge in [-0.15, -0.1) is 0 Å². The van der Waals surface area contributed by atoms with Crippen LogP contribution in [-0.4, -0.2) is 30.7 Å². The van der Waals surface area contributed by atoms with Crippen LogP contribution in [-0.2, 0) is 20.2 Å². The zero-order chi connectivity index (χ0) is 15.5. The Kier molecular flexibility index (Phi) is 5.59. The number of ether oxygens (including phenoxy) is 1. The Morgan fingerprint density at radius 3 is 2.45 bits per heavy atom. The van der Waals surface area contributed by atoms with Crippen molar-refractivity contribution in [3.8, 4) is 0 Å². The zero-order valence-electron chi connectivity index (χ0n) is 11.9. The lowest BCUT2D eigenvalue weighted by molar-refractivity contribution is 0.0288. The summed E-state index contributed by atoms with van der Waals surface area (Å²) in [7, 11) is 1.30. The van der Waals surface area contributed by atoms with Crippen molar-refractivity contribution in [3.63, 3.8) is 0 Å². The average molecular weight is 323 g/mol. The fraction of sp³-hybridized carbons (Fsp3) is 0.667. The quantitative estimate of drug-likeness (QED) is 0.642. The molecule has 0 spiro atoms. The van der Waals surface area contributed by atoms with E-state index in [2.05, 4.69) is 10.2 Å². The van der Waals surface area contributed by atoms with E-state index >= 15 is 0 Å². The second-order valence-electron chi connectivity index (χ2n) is 5.02. The molecule has 0 aliphatic carbocycles. The third-order valence-corrected chi connectivity index (χ3v) is 4.08. The van der Waals surface area contributed by atoms with Crippen LogP contribution in [0.2, 0.25) is 0 Å². The molecule has 8 heteroatoms. The highest BCUT2D eigenvalue weighted by Crippen LogP contribution is 2.24. The van der Waals surface area contributed by atoms with Gasteiger partial charge in [0.15, 0.2) is 5.69 Å². The van der Waals surface area contributed by atoms with Crippen LogP contribution < -0.4 is 0 Å². The summed E-state index contributed by atoms with van der Waals surface area (Å²) >= 11 is 0. The summed E-state index contributed by atoms with van der Waals surface area (Å²) in [6, 6.07) is 0. The second-order valence-corrected chi connectivity index (χ2v) is 7.52. The molecule has 1 unspecified atom stereocenters. The van der Waals surface area contributed by atoms with Gasteiger partial charge in [-0.25, -0.2) is 13.2 Å². The van der Waals surface area contributed by atoms with E-state index in [0.717, 1.165) is 0 Å². The van der Waals surface area contributed by atoms with Crippen molar-refractivity contribution >= 4 is 25.7 Å². The van der Waals surface area contributed by atoms with Crippen molar-refractivity contribution in [1.29, 1.82) is 0 Å². The molecule has 0 amide bonds. The van der Waals surface area contributed by atoms with Crippen LogP contribution >= 0.6 is 10.7 Å². The Morgan fingerprint density at radius 1 is 1.40 bits per heavy atom. The summed E-state index contributed by atoms with van der Waals surface area (Å²) in [5.74, 6) is -0.423. The van der Waals surface area contributed by atoms with Crippen LogP contribution in [0.25, 0.3) is 0 Å². The molecule has 6 nitrogen and oxygen atoms in total. The average Bonchev–Trinajstić information content (AvgIpc) is 2.70. The van der Waals surface area contributed by atoms with Crippen LogP contribution in [0.4, 0.5) is 0 Å². The van der Waals surface area contributed by atoms with Gasteiger partial charge in [0.25, 0.3) is 9.05 Å². The molecule has 20 heavy (non-hydrogen) atoms. The molecule has 0 aliphatic rings. The molecule has 1 atom stereocenters. The third kappa shape index (κ3) is 4.21. The molecule has 1 aromatic rings. The first-order valence-corrected chi connectivity index (χ1v) is 8.70. The van der Waals surface area contributed by atoms with Crippen molar-refractivity contribution in [2.24, 2.45) is 5.92 Å². The number of esters is 1. The van der Waals surface area contributed by atoms with Crippen molar-refractivity contribution in [2.75, 3.05) is 0 Å². The lowest BCUT2D eigenvalue weighted by Gasteiger charge is -2.14. The van der Waals surface area contributed by atoms with Crippen molar-refractivity contribution in [3.05, 3.63) is 11.4 Å². The summed E-state index contributed by atoms with van der Waals surface area (Å²) in [6.07, 6.45) is 0.721. The van der Waals surface area contributed by atoms with Gasteiger partial charge >= 0.3 is 5.97 Å². The molecule has 1 aromatic heterocycles. The Morgan fingerprint density at radius 2 is 2.00 bits per heavy atom. The zero-order valence-corrected chi connectivity index (χ0v) is 13.5. The van der Waals surface area contributed by atoms with E-state index < -0.39 is 15.0 Å². The lowest BCUT2D eigenvalue weighted by Crippen LogP contribution is -2.18. The molecule has 0 aliphatic heterocycles. The van der Waals surface area contributed by atoms with Crippen LogP contribution in [0.15, 0.2) is 4.90 Å². The predicted octanol–water partition coefficient (Wildman–Crippen LogP) is 2.49. The molecule has 1 rings (SSSR count). The Labute approximate surface area is 123 Å². The molecule has 1 heterocycles. The highest BCUT2D eigenvalue weighted by molar-refractivity contribution is 8.13. The van der Waals surface area contributed by atoms with E-state index in [1.165, 1.54) is 0 Å². The van der Waals surface area contributed by atoms with Gasteiger partial charge in [-0.05, 0) is 25.7 Å². The Hall–Kier alpha value is -1.08. The maximum absolute atomic E-state index is 12.0. The van der Waals surface area contributed by atoms with Gasteiger partial charge in [0.2, 0.25) is 0 Å². The first-order valence-electron chi connectivity index (χ1n) is 6.39. The lowest BCUT2D eigenvalue weighted by atomic mass is 10.1. The fourth-order valence-corrected chi connectivity index (χ4v) is 3.30. The minimum Gasteiger partial charge on any atom is -0.458 e. The van der Waals surface area contributed by atoms with Crippen LogP contribution in [0.1, 0.15) is 50.3 Å². The minimum atomic E-state index is -4.06. The second kappa shape index (κ2) is 6.58. The number of nitrogens with one attached hydrogen (secondary N) is 1. The molecule has 1 N–H and O–H groups in total. The monoisotopic (exact) mass is 322 g/mol. The Balaban J connectivity index is 3.03. The molecular weight excluding hydrogens is 304 g/mol. The van der Waals surface area contributed by atoms with Crippen molar-refractivity contribution in [2.45, 2.75) is 51.5 Å². The highest BCUT2D eigenvalue weighted by Gasteiger charge is 2.29. The summed E-state index contributed by atoms with van der Waals surface area (Å²) in [4.78, 5) is 11.7. The molecule has 0 fully saturated rings. The maximum Gasteiger partial charge on any atom is 0.360 e. The first kappa shape index (κ1) is 17.0. The van der Waals surface area contributed by atoms with Crippen LogP contribution in [0, 0.1) is 5.92 Å². The van der Waals surface area contributed by atoms with Crippen molar-refractivity contribution < 1.29 is 17.9 Å². The van der Waals surface area contributed by atoms with Gasteiger partial charge in [-0.2, -0.15) is 5.10 Å². The molecular formula is C12H19ClN2O4S. The third-order valence-electron chi connectivity index (χ3n) is 2.69. The van der Waals surface area contributed by atoms with E-state index in [0.29, 0.717) is 24.5 Å². The molecule has 0 saturated carbocycles. The number of nitrogens with zero attached hydrogens (tertiary/aromatic N) is 1. The van der Waals surface area contributed by atoms with E-state index in [1.807, 2.05) is 13.8 Å². The number of hydrogen-bond acceptors (Lipinski definition) is 5. The largest absolute Gasteiger partial charge is 0.458 e. The van der Waals surface area contributed by atoms with E-state index in [1.54, 1.807) is 13.8 Å². The smallest absolute Gasteiger partial charge is 0.360 e. The summed E-state index contributed by atoms with van der Waals surface area (Å²) in [5, 5.41) is 6.23. The molecule has 0 bridgehead atoms. The first-order chi connectivity index (χ1) is 9.16. The molecule has 0 aromatic carbocycles. The number of carbonyl (C=O) groups excluding carboxylic acids is 1. The SMILES string of the molecule is CCc1[nH]nc(C(=O)OC(C)CC(C)C)c1S(=O)(=O)Cl. The van der Waals surface area contributed by atoms with E-state index in [9.17, 15) is 13.2 Å². The topological polar surface area (TPSA) is 89.1 Å². The number of carbonyl (C=O) groups is 1. The summed E-state index contributed by atoms with van der Waals surface area (Å²) in [6.45, 7) is 7.49. The maximum atomic E-state index is 12.0. The van der Waals surface area contributed by atoms with E-state index in [-0.39, 0.29) is 16.7 Å². The van der Waals surface area contributed by atoms with Gasteiger partial charge in [0, 0.05) is 10.7 Å². The number of halogens is 1. The van der Waals surface area contributed by atoms with Gasteiger partial charge in [-0.1, -0.05) is 20.8 Å². The van der Waals surface area contributed by atoms with Gasteiger partial charge in [0.05, 0.1) is 11.8 Å². The highest BCUT2D eigenvalue weighted by atomic mass is 35.7.